The molecular formula is C14H12F2N2O3. The Morgan fingerprint density at radius 2 is 2.00 bits per heavy atom. The van der Waals surface area contributed by atoms with E-state index in [9.17, 15) is 18.9 Å². The van der Waals surface area contributed by atoms with Crippen molar-refractivity contribution in [1.82, 2.24) is 5.32 Å². The van der Waals surface area contributed by atoms with Crippen molar-refractivity contribution in [2.45, 2.75) is 6.54 Å². The van der Waals surface area contributed by atoms with Crippen LogP contribution in [0.25, 0.3) is 0 Å². The van der Waals surface area contributed by atoms with Gasteiger partial charge in [-0.1, -0.05) is 0 Å². The number of rotatable bonds is 5. The first-order chi connectivity index (χ1) is 10.0. The van der Waals surface area contributed by atoms with Gasteiger partial charge in [-0.25, -0.2) is 4.39 Å². The highest BCUT2D eigenvalue weighted by atomic mass is 19.1. The summed E-state index contributed by atoms with van der Waals surface area (Å²) in [6.07, 6.45) is 0. The quantitative estimate of drug-likeness (QED) is 0.678. The predicted molar refractivity (Wildman–Crippen MR) is 72.3 cm³/mol. The zero-order valence-corrected chi connectivity index (χ0v) is 11.1. The largest absolute Gasteiger partial charge is 0.457 e. The van der Waals surface area contributed by atoms with Crippen LogP contribution >= 0.6 is 0 Å². The number of nitrogens with zero attached hydrogens (tertiary/aromatic N) is 1. The van der Waals surface area contributed by atoms with Crippen molar-refractivity contribution in [3.8, 4) is 11.5 Å². The third kappa shape index (κ3) is 3.51. The van der Waals surface area contributed by atoms with E-state index in [2.05, 4.69) is 5.32 Å². The van der Waals surface area contributed by atoms with E-state index in [1.807, 2.05) is 0 Å². The van der Waals surface area contributed by atoms with Crippen LogP contribution in [-0.4, -0.2) is 12.0 Å². The van der Waals surface area contributed by atoms with E-state index in [1.165, 1.54) is 24.3 Å². The minimum Gasteiger partial charge on any atom is -0.457 e. The molecule has 0 radical (unpaired) electrons. The second-order valence-corrected chi connectivity index (χ2v) is 4.25. The Labute approximate surface area is 119 Å². The van der Waals surface area contributed by atoms with Gasteiger partial charge in [-0.2, -0.15) is 4.39 Å². The summed E-state index contributed by atoms with van der Waals surface area (Å²) < 4.78 is 32.2. The average Bonchev–Trinajstić information content (AvgIpc) is 2.42. The van der Waals surface area contributed by atoms with Gasteiger partial charge < -0.3 is 10.1 Å². The van der Waals surface area contributed by atoms with Gasteiger partial charge in [-0.05, 0) is 31.3 Å². The zero-order chi connectivity index (χ0) is 15.4. The van der Waals surface area contributed by atoms with Gasteiger partial charge in [0.2, 0.25) is 5.82 Å². The van der Waals surface area contributed by atoms with Gasteiger partial charge in [-0.15, -0.1) is 0 Å². The molecule has 1 N–H and O–H groups in total. The summed E-state index contributed by atoms with van der Waals surface area (Å²) in [6, 6.07) is 7.16. The van der Waals surface area contributed by atoms with Crippen LogP contribution in [-0.2, 0) is 6.54 Å². The Morgan fingerprint density at radius 1 is 1.24 bits per heavy atom. The molecule has 0 aliphatic rings. The van der Waals surface area contributed by atoms with Gasteiger partial charge in [-0.3, -0.25) is 10.1 Å². The molecule has 0 amide bonds. The van der Waals surface area contributed by atoms with Gasteiger partial charge in [0.25, 0.3) is 0 Å². The number of benzene rings is 2. The average molecular weight is 294 g/mol. The summed E-state index contributed by atoms with van der Waals surface area (Å²) in [4.78, 5) is 9.73. The summed E-state index contributed by atoms with van der Waals surface area (Å²) in [5.41, 5.74) is -0.0758. The van der Waals surface area contributed by atoms with Crippen molar-refractivity contribution in [3.05, 3.63) is 63.7 Å². The molecule has 2 aromatic carbocycles. The van der Waals surface area contributed by atoms with Crippen LogP contribution in [0.15, 0.2) is 36.4 Å². The maximum absolute atomic E-state index is 13.5. The number of nitro benzene ring substituents is 1. The second kappa shape index (κ2) is 6.27. The Kier molecular flexibility index (Phi) is 4.44. The van der Waals surface area contributed by atoms with E-state index in [-0.39, 0.29) is 5.75 Å². The van der Waals surface area contributed by atoms with Crippen LogP contribution in [0.3, 0.4) is 0 Å². The van der Waals surface area contributed by atoms with Crippen molar-refractivity contribution >= 4 is 5.69 Å². The van der Waals surface area contributed by atoms with E-state index in [1.54, 1.807) is 7.05 Å². The Morgan fingerprint density at radius 3 is 2.62 bits per heavy atom. The molecule has 7 heteroatoms. The number of nitro groups is 1. The monoisotopic (exact) mass is 294 g/mol. The van der Waals surface area contributed by atoms with Gasteiger partial charge in [0.05, 0.1) is 4.92 Å². The molecule has 0 saturated heterocycles. The van der Waals surface area contributed by atoms with Gasteiger partial charge >= 0.3 is 5.69 Å². The smallest absolute Gasteiger partial charge is 0.305 e. The molecular weight excluding hydrogens is 282 g/mol. The number of hydrogen-bond acceptors (Lipinski definition) is 4. The van der Waals surface area contributed by atoms with Crippen molar-refractivity contribution in [1.29, 1.82) is 0 Å². The second-order valence-electron chi connectivity index (χ2n) is 4.25. The van der Waals surface area contributed by atoms with E-state index < -0.39 is 22.2 Å². The molecule has 2 aromatic rings. The lowest BCUT2D eigenvalue weighted by molar-refractivity contribution is -0.387. The lowest BCUT2D eigenvalue weighted by atomic mass is 10.2. The molecule has 0 aliphatic heterocycles. The Bertz CT molecular complexity index is 677. The van der Waals surface area contributed by atoms with Crippen LogP contribution in [0.1, 0.15) is 5.56 Å². The minimum atomic E-state index is -0.991. The number of halogens is 2. The van der Waals surface area contributed by atoms with Crippen LogP contribution in [0, 0.1) is 21.7 Å². The summed E-state index contributed by atoms with van der Waals surface area (Å²) in [7, 11) is 1.69. The summed E-state index contributed by atoms with van der Waals surface area (Å²) in [6.45, 7) is 0.364. The van der Waals surface area contributed by atoms with E-state index >= 15 is 0 Å². The summed E-state index contributed by atoms with van der Waals surface area (Å²) in [5, 5.41) is 13.4. The highest BCUT2D eigenvalue weighted by Crippen LogP contribution is 2.29. The first-order valence-electron chi connectivity index (χ1n) is 6.06. The van der Waals surface area contributed by atoms with Gasteiger partial charge in [0, 0.05) is 24.2 Å². The molecule has 21 heavy (non-hydrogen) atoms. The fraction of sp³-hybridized carbons (Fsp3) is 0.143. The normalized spacial score (nSPS) is 10.4. The highest BCUT2D eigenvalue weighted by Gasteiger charge is 2.15. The fourth-order valence-corrected chi connectivity index (χ4v) is 1.80. The molecule has 110 valence electrons. The minimum absolute atomic E-state index is 0.0991. The lowest BCUT2D eigenvalue weighted by Gasteiger charge is -2.11. The van der Waals surface area contributed by atoms with Crippen molar-refractivity contribution in [2.75, 3.05) is 7.05 Å². The molecule has 0 saturated carbocycles. The highest BCUT2D eigenvalue weighted by molar-refractivity contribution is 5.42. The molecule has 0 aromatic heterocycles. The van der Waals surface area contributed by atoms with Crippen LogP contribution in [0.2, 0.25) is 0 Å². The first-order valence-corrected chi connectivity index (χ1v) is 6.06. The predicted octanol–water partition coefficient (Wildman–Crippen LogP) is 3.38. The molecule has 0 unspecified atom stereocenters. The number of nitrogens with one attached hydrogen (secondary N) is 1. The third-order valence-electron chi connectivity index (χ3n) is 2.73. The number of ether oxygens (including phenoxy) is 1. The topological polar surface area (TPSA) is 64.4 Å². The fourth-order valence-electron chi connectivity index (χ4n) is 1.80. The molecule has 0 heterocycles. The molecule has 0 atom stereocenters. The van der Waals surface area contributed by atoms with Gasteiger partial charge in [0.15, 0.2) is 0 Å². The van der Waals surface area contributed by atoms with Crippen LogP contribution in [0.5, 0.6) is 11.5 Å². The van der Waals surface area contributed by atoms with Crippen molar-refractivity contribution < 1.29 is 18.4 Å². The van der Waals surface area contributed by atoms with Crippen LogP contribution in [0.4, 0.5) is 14.5 Å². The number of hydrogen-bond donors (Lipinski definition) is 1. The Hall–Kier alpha value is -2.54. The Balaban J connectivity index is 2.30. The van der Waals surface area contributed by atoms with E-state index in [0.29, 0.717) is 17.9 Å². The van der Waals surface area contributed by atoms with Gasteiger partial charge in [0.1, 0.15) is 17.3 Å². The zero-order valence-electron chi connectivity index (χ0n) is 11.1. The summed E-state index contributed by atoms with van der Waals surface area (Å²) >= 11 is 0. The van der Waals surface area contributed by atoms with Crippen molar-refractivity contribution in [3.63, 3.8) is 0 Å². The third-order valence-corrected chi connectivity index (χ3v) is 2.73. The molecule has 0 fully saturated rings. The standard InChI is InChI=1S/C14H12F2N2O3/c1-17-8-9-6-10(15)2-5-14(9)21-11-3-4-13(18(19)20)12(16)7-11/h2-7,17H,8H2,1H3. The van der Waals surface area contributed by atoms with Crippen LogP contribution < -0.4 is 10.1 Å². The molecule has 5 nitrogen and oxygen atoms in total. The molecule has 0 aliphatic carbocycles. The SMILES string of the molecule is CNCc1cc(F)ccc1Oc1ccc([N+](=O)[O-])c(F)c1. The maximum atomic E-state index is 13.5. The van der Waals surface area contributed by atoms with E-state index in [4.69, 9.17) is 4.74 Å². The van der Waals surface area contributed by atoms with E-state index in [0.717, 1.165) is 12.1 Å². The first kappa shape index (κ1) is 14.9. The molecule has 0 spiro atoms. The maximum Gasteiger partial charge on any atom is 0.305 e. The lowest BCUT2D eigenvalue weighted by Crippen LogP contribution is -2.06. The molecule has 2 rings (SSSR count). The summed E-state index contributed by atoms with van der Waals surface area (Å²) in [5.74, 6) is -0.960. The van der Waals surface area contributed by atoms with Crippen molar-refractivity contribution in [2.24, 2.45) is 0 Å². The molecule has 0 bridgehead atoms.